The first-order valence-electron chi connectivity index (χ1n) is 5.85. The fraction of sp³-hybridized carbons (Fsp3) is 0.818. The number of hydrogen-bond donors (Lipinski definition) is 3. The van der Waals surface area contributed by atoms with Gasteiger partial charge in [-0.05, 0) is 19.3 Å². The summed E-state index contributed by atoms with van der Waals surface area (Å²) in [6, 6.07) is 0. The predicted molar refractivity (Wildman–Crippen MR) is 57.3 cm³/mol. The lowest BCUT2D eigenvalue weighted by Crippen LogP contribution is -2.44. The van der Waals surface area contributed by atoms with Crippen molar-refractivity contribution in [3.63, 3.8) is 0 Å². The maximum absolute atomic E-state index is 11.6. The van der Waals surface area contributed by atoms with E-state index < -0.39 is 11.4 Å². The third-order valence-electron chi connectivity index (χ3n) is 3.65. The summed E-state index contributed by atoms with van der Waals surface area (Å²) in [7, 11) is 0. The Morgan fingerprint density at radius 3 is 2.65 bits per heavy atom. The van der Waals surface area contributed by atoms with E-state index in [0.717, 1.165) is 6.42 Å². The van der Waals surface area contributed by atoms with Gasteiger partial charge in [0.15, 0.2) is 0 Å². The lowest BCUT2D eigenvalue weighted by atomic mass is 9.71. The molecule has 2 aliphatic rings. The standard InChI is InChI=1S/C11H17NO5/c13-4-3-12-9(14)6-11(10(15)16)5-7-1-2-8(11)17-7/h7-8,13H,1-6H2,(H,12,14)(H,15,16). The fourth-order valence-corrected chi connectivity index (χ4v) is 2.83. The molecule has 0 aliphatic carbocycles. The van der Waals surface area contributed by atoms with Gasteiger partial charge in [-0.2, -0.15) is 0 Å². The van der Waals surface area contributed by atoms with Crippen LogP contribution in [-0.2, 0) is 14.3 Å². The Balaban J connectivity index is 2.03. The summed E-state index contributed by atoms with van der Waals surface area (Å²) in [6.07, 6.45) is 1.59. The second-order valence-electron chi connectivity index (χ2n) is 4.74. The minimum atomic E-state index is -1.07. The van der Waals surface area contributed by atoms with E-state index >= 15 is 0 Å². The van der Waals surface area contributed by atoms with Gasteiger partial charge in [-0.1, -0.05) is 0 Å². The van der Waals surface area contributed by atoms with E-state index in [2.05, 4.69) is 5.32 Å². The van der Waals surface area contributed by atoms with Crippen molar-refractivity contribution in [2.45, 2.75) is 37.9 Å². The minimum absolute atomic E-state index is 0.0123. The summed E-state index contributed by atoms with van der Waals surface area (Å²) in [5.41, 5.74) is -1.07. The Kier molecular flexibility index (Phi) is 3.35. The zero-order chi connectivity index (χ0) is 12.5. The number of aliphatic hydroxyl groups is 1. The van der Waals surface area contributed by atoms with Gasteiger partial charge in [-0.15, -0.1) is 0 Å². The predicted octanol–water partition coefficient (Wildman–Crippen LogP) is -0.493. The molecule has 2 fully saturated rings. The van der Waals surface area contributed by atoms with Crippen molar-refractivity contribution >= 4 is 11.9 Å². The van der Waals surface area contributed by atoms with Gasteiger partial charge in [-0.25, -0.2) is 0 Å². The van der Waals surface area contributed by atoms with Gasteiger partial charge in [0.25, 0.3) is 0 Å². The Morgan fingerprint density at radius 2 is 2.18 bits per heavy atom. The number of fused-ring (bicyclic) bond motifs is 2. The van der Waals surface area contributed by atoms with Gasteiger partial charge in [0, 0.05) is 13.0 Å². The molecule has 2 bridgehead atoms. The van der Waals surface area contributed by atoms with Crippen molar-refractivity contribution in [3.8, 4) is 0 Å². The molecule has 3 N–H and O–H groups in total. The zero-order valence-electron chi connectivity index (χ0n) is 9.52. The van der Waals surface area contributed by atoms with Crippen LogP contribution in [0.2, 0.25) is 0 Å². The van der Waals surface area contributed by atoms with Crippen LogP contribution in [0.5, 0.6) is 0 Å². The average Bonchev–Trinajstić information content (AvgIpc) is 2.86. The molecule has 0 saturated carbocycles. The van der Waals surface area contributed by atoms with Gasteiger partial charge < -0.3 is 20.3 Å². The highest BCUT2D eigenvalue weighted by molar-refractivity contribution is 5.86. The largest absolute Gasteiger partial charge is 0.481 e. The number of aliphatic carboxylic acids is 1. The number of carbonyl (C=O) groups is 2. The van der Waals surface area contributed by atoms with Crippen molar-refractivity contribution < 1.29 is 24.5 Å². The van der Waals surface area contributed by atoms with E-state index in [1.165, 1.54) is 0 Å². The summed E-state index contributed by atoms with van der Waals surface area (Å²) in [5, 5.41) is 20.4. The Bertz CT molecular complexity index is 332. The van der Waals surface area contributed by atoms with E-state index in [0.29, 0.717) is 12.8 Å². The van der Waals surface area contributed by atoms with Crippen molar-refractivity contribution in [1.29, 1.82) is 0 Å². The third-order valence-corrected chi connectivity index (χ3v) is 3.65. The van der Waals surface area contributed by atoms with Crippen LogP contribution in [-0.4, -0.2) is 47.4 Å². The van der Waals surface area contributed by atoms with Crippen LogP contribution in [0.15, 0.2) is 0 Å². The number of rotatable bonds is 5. The molecule has 0 radical (unpaired) electrons. The monoisotopic (exact) mass is 243 g/mol. The molecule has 2 saturated heterocycles. The van der Waals surface area contributed by atoms with E-state index in [9.17, 15) is 14.7 Å². The molecule has 2 aliphatic heterocycles. The number of aliphatic hydroxyl groups excluding tert-OH is 1. The van der Waals surface area contributed by atoms with Gasteiger partial charge in [-0.3, -0.25) is 9.59 Å². The van der Waals surface area contributed by atoms with Crippen LogP contribution in [0.1, 0.15) is 25.7 Å². The number of hydrogen-bond acceptors (Lipinski definition) is 4. The van der Waals surface area contributed by atoms with Gasteiger partial charge >= 0.3 is 5.97 Å². The van der Waals surface area contributed by atoms with Crippen LogP contribution < -0.4 is 5.32 Å². The van der Waals surface area contributed by atoms with Crippen molar-refractivity contribution in [2.75, 3.05) is 13.2 Å². The first-order valence-corrected chi connectivity index (χ1v) is 5.85. The molecule has 0 aromatic carbocycles. The number of carbonyl (C=O) groups excluding carboxylic acids is 1. The smallest absolute Gasteiger partial charge is 0.312 e. The molecule has 2 rings (SSSR count). The van der Waals surface area contributed by atoms with Crippen molar-refractivity contribution in [1.82, 2.24) is 5.32 Å². The van der Waals surface area contributed by atoms with Crippen LogP contribution in [0.25, 0.3) is 0 Å². The molecule has 0 aromatic rings. The van der Waals surface area contributed by atoms with Gasteiger partial charge in [0.2, 0.25) is 5.91 Å². The second kappa shape index (κ2) is 4.62. The average molecular weight is 243 g/mol. The van der Waals surface area contributed by atoms with Crippen molar-refractivity contribution in [2.24, 2.45) is 5.41 Å². The Morgan fingerprint density at radius 1 is 1.41 bits per heavy atom. The molecular formula is C11H17NO5. The number of carboxylic acid groups (broad SMARTS) is 1. The normalized spacial score (nSPS) is 34.9. The lowest BCUT2D eigenvalue weighted by molar-refractivity contribution is -0.155. The Labute approximate surface area is 99.0 Å². The summed E-state index contributed by atoms with van der Waals surface area (Å²) in [6.45, 7) is 0.0118. The minimum Gasteiger partial charge on any atom is -0.481 e. The number of amides is 1. The molecule has 17 heavy (non-hydrogen) atoms. The summed E-state index contributed by atoms with van der Waals surface area (Å²) >= 11 is 0. The topological polar surface area (TPSA) is 95.9 Å². The number of ether oxygens (including phenoxy) is 1. The highest BCUT2D eigenvalue weighted by Crippen LogP contribution is 2.50. The van der Waals surface area contributed by atoms with Crippen LogP contribution >= 0.6 is 0 Å². The van der Waals surface area contributed by atoms with Crippen LogP contribution in [0.3, 0.4) is 0 Å². The van der Waals surface area contributed by atoms with E-state index in [1.807, 2.05) is 0 Å². The van der Waals surface area contributed by atoms with E-state index in [-0.39, 0.29) is 37.7 Å². The lowest BCUT2D eigenvalue weighted by Gasteiger charge is -2.30. The molecule has 6 heteroatoms. The SMILES string of the molecule is O=C(CC1(C(=O)O)CC2CCC1O2)NCCO. The molecule has 3 atom stereocenters. The second-order valence-corrected chi connectivity index (χ2v) is 4.74. The maximum Gasteiger partial charge on any atom is 0.312 e. The number of carboxylic acids is 1. The first kappa shape index (κ1) is 12.3. The third kappa shape index (κ3) is 2.14. The van der Waals surface area contributed by atoms with E-state index in [1.54, 1.807) is 0 Å². The van der Waals surface area contributed by atoms with Gasteiger partial charge in [0.1, 0.15) is 5.41 Å². The molecule has 2 heterocycles. The number of nitrogens with one attached hydrogen (secondary N) is 1. The molecule has 96 valence electrons. The maximum atomic E-state index is 11.6. The summed E-state index contributed by atoms with van der Waals surface area (Å²) in [4.78, 5) is 23.0. The highest BCUT2D eigenvalue weighted by atomic mass is 16.5. The van der Waals surface area contributed by atoms with Gasteiger partial charge in [0.05, 0.1) is 18.8 Å². The summed E-state index contributed by atoms with van der Waals surface area (Å²) in [5.74, 6) is -1.29. The fourth-order valence-electron chi connectivity index (χ4n) is 2.83. The molecule has 1 amide bonds. The first-order chi connectivity index (χ1) is 8.08. The van der Waals surface area contributed by atoms with E-state index in [4.69, 9.17) is 9.84 Å². The highest BCUT2D eigenvalue weighted by Gasteiger charge is 2.58. The van der Waals surface area contributed by atoms with Crippen LogP contribution in [0.4, 0.5) is 0 Å². The molecule has 6 nitrogen and oxygen atoms in total. The summed E-state index contributed by atoms with van der Waals surface area (Å²) < 4.78 is 5.54. The quantitative estimate of drug-likeness (QED) is 0.605. The molecule has 3 unspecified atom stereocenters. The molecule has 0 aromatic heterocycles. The molecular weight excluding hydrogens is 226 g/mol. The molecule has 0 spiro atoms. The van der Waals surface area contributed by atoms with Crippen molar-refractivity contribution in [3.05, 3.63) is 0 Å². The van der Waals surface area contributed by atoms with Crippen LogP contribution in [0, 0.1) is 5.41 Å². The zero-order valence-corrected chi connectivity index (χ0v) is 9.52. The Hall–Kier alpha value is -1.14.